The minimum absolute atomic E-state index is 0.253. The summed E-state index contributed by atoms with van der Waals surface area (Å²) in [7, 11) is 0. The molecule has 1 N–H and O–H groups in total. The number of carbonyl (C=O) groups excluding carboxylic acids is 4. The molecule has 30 heavy (non-hydrogen) atoms. The van der Waals surface area contributed by atoms with Crippen LogP contribution in [-0.2, 0) is 20.7 Å². The predicted molar refractivity (Wildman–Crippen MR) is 110 cm³/mol. The van der Waals surface area contributed by atoms with Crippen LogP contribution in [0.15, 0.2) is 48.5 Å². The van der Waals surface area contributed by atoms with Gasteiger partial charge in [0.2, 0.25) is 0 Å². The Hall–Kier alpha value is -3.48. The van der Waals surface area contributed by atoms with Crippen molar-refractivity contribution in [3.05, 3.63) is 70.8 Å². The molecule has 0 aromatic heterocycles. The van der Waals surface area contributed by atoms with Crippen LogP contribution < -0.4 is 5.32 Å². The lowest BCUT2D eigenvalue weighted by Gasteiger charge is -2.21. The number of hydrogen-bond acceptors (Lipinski definition) is 5. The first-order valence-electron chi connectivity index (χ1n) is 9.85. The van der Waals surface area contributed by atoms with Crippen molar-refractivity contribution in [1.82, 2.24) is 10.2 Å². The molecule has 1 aliphatic rings. The van der Waals surface area contributed by atoms with Gasteiger partial charge in [-0.15, -0.1) is 0 Å². The summed E-state index contributed by atoms with van der Waals surface area (Å²) in [6.07, 6.45) is 0.933. The standard InChI is InChI=1S/C23H24N2O5/c1-4-16-9-11-17(12-10-16)14(2)24-20(26)13-30-23(29)15(3)25-21(27)18-7-5-6-8-19(18)22(25)28/h5-12,14-15H,4,13H2,1-3H3,(H,24,26)/t14-,15+/m1/s1. The number of fused-ring (bicyclic) bond motifs is 1. The van der Waals surface area contributed by atoms with Gasteiger partial charge in [0.1, 0.15) is 6.04 Å². The maximum Gasteiger partial charge on any atom is 0.329 e. The Morgan fingerprint density at radius 3 is 2.07 bits per heavy atom. The highest BCUT2D eigenvalue weighted by atomic mass is 16.5. The molecule has 0 spiro atoms. The van der Waals surface area contributed by atoms with Crippen LogP contribution in [0.2, 0.25) is 0 Å². The third-order valence-corrected chi connectivity index (χ3v) is 5.16. The van der Waals surface area contributed by atoms with Gasteiger partial charge >= 0.3 is 5.97 Å². The molecule has 0 saturated carbocycles. The van der Waals surface area contributed by atoms with E-state index in [1.165, 1.54) is 24.6 Å². The lowest BCUT2D eigenvalue weighted by Crippen LogP contribution is -2.44. The first-order chi connectivity index (χ1) is 14.3. The van der Waals surface area contributed by atoms with Gasteiger partial charge in [-0.1, -0.05) is 43.3 Å². The largest absolute Gasteiger partial charge is 0.454 e. The number of aryl methyl sites for hydroxylation is 1. The average Bonchev–Trinajstić information content (AvgIpc) is 3.02. The normalized spacial score (nSPS) is 14.8. The fourth-order valence-electron chi connectivity index (χ4n) is 3.33. The summed E-state index contributed by atoms with van der Waals surface area (Å²) in [6, 6.07) is 12.9. The lowest BCUT2D eigenvalue weighted by molar-refractivity contribution is -0.152. The number of benzene rings is 2. The maximum atomic E-state index is 12.5. The van der Waals surface area contributed by atoms with Crippen LogP contribution >= 0.6 is 0 Å². The molecule has 0 saturated heterocycles. The number of esters is 1. The Kier molecular flexibility index (Phi) is 6.30. The molecule has 2 atom stereocenters. The molecule has 7 heteroatoms. The quantitative estimate of drug-likeness (QED) is 0.562. The van der Waals surface area contributed by atoms with E-state index in [1.54, 1.807) is 12.1 Å². The van der Waals surface area contributed by atoms with Gasteiger partial charge in [-0.25, -0.2) is 4.79 Å². The van der Waals surface area contributed by atoms with E-state index in [9.17, 15) is 19.2 Å². The van der Waals surface area contributed by atoms with Crippen LogP contribution in [0, 0.1) is 0 Å². The second-order valence-corrected chi connectivity index (χ2v) is 7.19. The van der Waals surface area contributed by atoms with E-state index in [4.69, 9.17) is 4.74 Å². The second-order valence-electron chi connectivity index (χ2n) is 7.19. The van der Waals surface area contributed by atoms with Crippen LogP contribution in [0.5, 0.6) is 0 Å². The van der Waals surface area contributed by atoms with Crippen LogP contribution in [-0.4, -0.2) is 41.2 Å². The number of rotatable bonds is 7. The van der Waals surface area contributed by atoms with Gasteiger partial charge in [-0.2, -0.15) is 0 Å². The van der Waals surface area contributed by atoms with E-state index in [-0.39, 0.29) is 17.2 Å². The molecular weight excluding hydrogens is 384 g/mol. The van der Waals surface area contributed by atoms with Crippen LogP contribution in [0.4, 0.5) is 0 Å². The zero-order valence-electron chi connectivity index (χ0n) is 17.2. The smallest absolute Gasteiger partial charge is 0.329 e. The van der Waals surface area contributed by atoms with E-state index in [0.29, 0.717) is 0 Å². The summed E-state index contributed by atoms with van der Waals surface area (Å²) in [6.45, 7) is 4.81. The fraction of sp³-hybridized carbons (Fsp3) is 0.304. The van der Waals surface area contributed by atoms with Gasteiger partial charge in [0.25, 0.3) is 17.7 Å². The van der Waals surface area contributed by atoms with Crippen molar-refractivity contribution in [2.24, 2.45) is 0 Å². The third kappa shape index (κ3) is 4.25. The Bertz CT molecular complexity index is 948. The van der Waals surface area contributed by atoms with Gasteiger partial charge in [0.05, 0.1) is 17.2 Å². The molecule has 0 unspecified atom stereocenters. The third-order valence-electron chi connectivity index (χ3n) is 5.16. The van der Waals surface area contributed by atoms with E-state index >= 15 is 0 Å². The molecule has 3 rings (SSSR count). The Labute approximate surface area is 175 Å². The molecule has 0 radical (unpaired) electrons. The van der Waals surface area contributed by atoms with E-state index in [0.717, 1.165) is 16.9 Å². The summed E-state index contributed by atoms with van der Waals surface area (Å²) in [5.74, 6) is -2.38. The monoisotopic (exact) mass is 408 g/mol. The first-order valence-corrected chi connectivity index (χ1v) is 9.85. The van der Waals surface area contributed by atoms with Crippen LogP contribution in [0.1, 0.15) is 58.7 Å². The lowest BCUT2D eigenvalue weighted by atomic mass is 10.1. The van der Waals surface area contributed by atoms with Crippen molar-refractivity contribution in [3.63, 3.8) is 0 Å². The Balaban J connectivity index is 1.54. The summed E-state index contributed by atoms with van der Waals surface area (Å²) >= 11 is 0. The number of hydrogen-bond donors (Lipinski definition) is 1. The molecule has 1 heterocycles. The number of imide groups is 1. The van der Waals surface area contributed by atoms with Gasteiger partial charge in [-0.3, -0.25) is 19.3 Å². The molecule has 0 fully saturated rings. The molecule has 2 aromatic rings. The molecule has 1 aliphatic heterocycles. The van der Waals surface area contributed by atoms with Crippen LogP contribution in [0.25, 0.3) is 0 Å². The van der Waals surface area contributed by atoms with Crippen molar-refractivity contribution < 1.29 is 23.9 Å². The topological polar surface area (TPSA) is 92.8 Å². The van der Waals surface area contributed by atoms with E-state index in [2.05, 4.69) is 12.2 Å². The Morgan fingerprint density at radius 1 is 0.967 bits per heavy atom. The molecular formula is C23H24N2O5. The van der Waals surface area contributed by atoms with Gasteiger partial charge in [0, 0.05) is 0 Å². The van der Waals surface area contributed by atoms with Crippen LogP contribution in [0.3, 0.4) is 0 Å². The number of nitrogens with zero attached hydrogens (tertiary/aromatic N) is 1. The molecule has 0 aliphatic carbocycles. The summed E-state index contributed by atoms with van der Waals surface area (Å²) in [5.41, 5.74) is 2.64. The number of ether oxygens (including phenoxy) is 1. The van der Waals surface area contributed by atoms with Crippen molar-refractivity contribution in [3.8, 4) is 0 Å². The van der Waals surface area contributed by atoms with Crippen molar-refractivity contribution >= 4 is 23.7 Å². The number of amides is 3. The summed E-state index contributed by atoms with van der Waals surface area (Å²) in [4.78, 5) is 50.3. The summed E-state index contributed by atoms with van der Waals surface area (Å²) < 4.78 is 5.05. The minimum atomic E-state index is -1.13. The zero-order valence-corrected chi connectivity index (χ0v) is 17.2. The first kappa shape index (κ1) is 21.2. The molecule has 2 aromatic carbocycles. The van der Waals surface area contributed by atoms with Gasteiger partial charge < -0.3 is 10.1 Å². The fourth-order valence-corrected chi connectivity index (χ4v) is 3.33. The van der Waals surface area contributed by atoms with Crippen molar-refractivity contribution in [2.45, 2.75) is 39.3 Å². The van der Waals surface area contributed by atoms with E-state index < -0.39 is 36.3 Å². The minimum Gasteiger partial charge on any atom is -0.454 e. The average molecular weight is 408 g/mol. The highest BCUT2D eigenvalue weighted by Gasteiger charge is 2.41. The molecule has 0 bridgehead atoms. The van der Waals surface area contributed by atoms with Gasteiger partial charge in [0.15, 0.2) is 6.61 Å². The highest BCUT2D eigenvalue weighted by Crippen LogP contribution is 2.24. The highest BCUT2D eigenvalue weighted by molar-refractivity contribution is 6.22. The Morgan fingerprint density at radius 2 is 1.53 bits per heavy atom. The van der Waals surface area contributed by atoms with Gasteiger partial charge in [-0.05, 0) is 43.5 Å². The molecule has 3 amide bonds. The molecule has 156 valence electrons. The number of carbonyl (C=O) groups is 4. The molecule has 7 nitrogen and oxygen atoms in total. The maximum absolute atomic E-state index is 12.5. The number of nitrogens with one attached hydrogen (secondary N) is 1. The van der Waals surface area contributed by atoms with Crippen molar-refractivity contribution in [1.29, 1.82) is 0 Å². The summed E-state index contributed by atoms with van der Waals surface area (Å²) in [5, 5.41) is 2.77. The SMILES string of the molecule is CCc1ccc([C@@H](C)NC(=O)COC(=O)[C@H](C)N2C(=O)c3ccccc3C2=O)cc1. The predicted octanol–water partition coefficient (Wildman–Crippen LogP) is 2.65. The second kappa shape index (κ2) is 8.90. The zero-order chi connectivity index (χ0) is 21.8. The van der Waals surface area contributed by atoms with E-state index in [1.807, 2.05) is 31.2 Å². The van der Waals surface area contributed by atoms with Crippen molar-refractivity contribution in [2.75, 3.05) is 6.61 Å².